The van der Waals surface area contributed by atoms with Crippen molar-refractivity contribution >= 4 is 11.6 Å². The van der Waals surface area contributed by atoms with Crippen molar-refractivity contribution < 1.29 is 27.6 Å². The van der Waals surface area contributed by atoms with Crippen molar-refractivity contribution in [2.75, 3.05) is 6.61 Å². The Hall–Kier alpha value is -3.11. The van der Waals surface area contributed by atoms with Gasteiger partial charge in [-0.1, -0.05) is 12.1 Å². The molecular formula is C16H17F3N4O4. The molecule has 0 bridgehead atoms. The van der Waals surface area contributed by atoms with Gasteiger partial charge in [0.1, 0.15) is 23.7 Å². The number of nitrogens with zero attached hydrogens (tertiary/aromatic N) is 3. The minimum absolute atomic E-state index is 0.0670. The highest BCUT2D eigenvalue weighted by Gasteiger charge is 2.28. The van der Waals surface area contributed by atoms with Crippen molar-refractivity contribution in [3.05, 3.63) is 51.3 Å². The summed E-state index contributed by atoms with van der Waals surface area (Å²) in [4.78, 5) is 22.4. The fourth-order valence-electron chi connectivity index (χ4n) is 2.37. The summed E-state index contributed by atoms with van der Waals surface area (Å²) in [6, 6.07) is 5.80. The standard InChI is InChI=1S/C16H17F3N4O4/c1-10-15(23(25)26)11(2)22(21-10)8-14(24)20-7-12-3-5-13(6-4-12)27-9-16(17,18)19/h3-6H,7-9H2,1-2H3,(H,20,24). The number of benzene rings is 1. The average Bonchev–Trinajstić information content (AvgIpc) is 2.85. The lowest BCUT2D eigenvalue weighted by Crippen LogP contribution is -2.28. The molecule has 1 heterocycles. The molecule has 11 heteroatoms. The molecule has 0 fully saturated rings. The Kier molecular flexibility index (Phi) is 6.03. The zero-order valence-electron chi connectivity index (χ0n) is 14.5. The van der Waals surface area contributed by atoms with Crippen LogP contribution in [0.3, 0.4) is 0 Å². The SMILES string of the molecule is Cc1nn(CC(=O)NCc2ccc(OCC(F)(F)F)cc2)c(C)c1[N+](=O)[O-]. The van der Waals surface area contributed by atoms with Crippen LogP contribution < -0.4 is 10.1 Å². The van der Waals surface area contributed by atoms with Crippen LogP contribution in [-0.4, -0.2) is 33.4 Å². The number of carbonyl (C=O) groups is 1. The predicted molar refractivity (Wildman–Crippen MR) is 88.2 cm³/mol. The second kappa shape index (κ2) is 8.06. The smallest absolute Gasteiger partial charge is 0.422 e. The topological polar surface area (TPSA) is 99.3 Å². The van der Waals surface area contributed by atoms with Crippen LogP contribution in [0.25, 0.3) is 0 Å². The van der Waals surface area contributed by atoms with Gasteiger partial charge in [-0.3, -0.25) is 19.6 Å². The zero-order chi connectivity index (χ0) is 20.2. The van der Waals surface area contributed by atoms with E-state index in [0.717, 1.165) is 0 Å². The summed E-state index contributed by atoms with van der Waals surface area (Å²) < 4.78 is 42.1. The van der Waals surface area contributed by atoms with E-state index in [4.69, 9.17) is 0 Å². The van der Waals surface area contributed by atoms with E-state index in [1.54, 1.807) is 0 Å². The second-order valence-corrected chi connectivity index (χ2v) is 5.76. The van der Waals surface area contributed by atoms with E-state index in [1.165, 1.54) is 42.8 Å². The van der Waals surface area contributed by atoms with Crippen LogP contribution in [-0.2, 0) is 17.9 Å². The molecule has 0 unspecified atom stereocenters. The highest BCUT2D eigenvalue weighted by molar-refractivity contribution is 5.75. The molecule has 0 aliphatic rings. The van der Waals surface area contributed by atoms with Crippen LogP contribution in [0.1, 0.15) is 17.0 Å². The molecule has 0 aliphatic carbocycles. The van der Waals surface area contributed by atoms with E-state index in [0.29, 0.717) is 5.56 Å². The molecule has 0 radical (unpaired) electrons. The summed E-state index contributed by atoms with van der Waals surface area (Å²) in [5.74, 6) is -0.342. The van der Waals surface area contributed by atoms with Crippen molar-refractivity contribution in [1.82, 2.24) is 15.1 Å². The Morgan fingerprint density at radius 2 is 1.93 bits per heavy atom. The maximum absolute atomic E-state index is 12.1. The number of nitro groups is 1. The number of ether oxygens (including phenoxy) is 1. The summed E-state index contributed by atoms with van der Waals surface area (Å²) in [6.07, 6.45) is -4.41. The monoisotopic (exact) mass is 386 g/mol. The van der Waals surface area contributed by atoms with E-state index >= 15 is 0 Å². The van der Waals surface area contributed by atoms with Crippen molar-refractivity contribution in [3.8, 4) is 5.75 Å². The highest BCUT2D eigenvalue weighted by Crippen LogP contribution is 2.21. The van der Waals surface area contributed by atoms with Crippen molar-refractivity contribution in [1.29, 1.82) is 0 Å². The summed E-state index contributed by atoms with van der Waals surface area (Å²) in [7, 11) is 0. The molecule has 8 nitrogen and oxygen atoms in total. The first kappa shape index (κ1) is 20.2. The third kappa shape index (κ3) is 5.69. The normalized spacial score (nSPS) is 11.3. The first-order valence-electron chi connectivity index (χ1n) is 7.80. The first-order chi connectivity index (χ1) is 12.6. The van der Waals surface area contributed by atoms with Crippen LogP contribution in [0.4, 0.5) is 18.9 Å². The summed E-state index contributed by atoms with van der Waals surface area (Å²) in [5, 5.41) is 17.6. The average molecular weight is 386 g/mol. The van der Waals surface area contributed by atoms with Crippen LogP contribution in [0.5, 0.6) is 5.75 Å². The first-order valence-corrected chi connectivity index (χ1v) is 7.80. The van der Waals surface area contributed by atoms with Gasteiger partial charge >= 0.3 is 11.9 Å². The Labute approximate surface area is 152 Å². The van der Waals surface area contributed by atoms with Gasteiger partial charge in [0.2, 0.25) is 5.91 Å². The van der Waals surface area contributed by atoms with Gasteiger partial charge in [-0.05, 0) is 31.5 Å². The number of hydrogen-bond acceptors (Lipinski definition) is 5. The lowest BCUT2D eigenvalue weighted by atomic mass is 10.2. The fraction of sp³-hybridized carbons (Fsp3) is 0.375. The lowest BCUT2D eigenvalue weighted by molar-refractivity contribution is -0.386. The molecule has 27 heavy (non-hydrogen) atoms. The van der Waals surface area contributed by atoms with Gasteiger partial charge in [-0.25, -0.2) is 0 Å². The van der Waals surface area contributed by atoms with Gasteiger partial charge < -0.3 is 10.1 Å². The molecule has 1 aromatic carbocycles. The Morgan fingerprint density at radius 1 is 1.30 bits per heavy atom. The quantitative estimate of drug-likeness (QED) is 0.583. The second-order valence-electron chi connectivity index (χ2n) is 5.76. The van der Waals surface area contributed by atoms with Gasteiger partial charge in [0, 0.05) is 6.54 Å². The third-order valence-electron chi connectivity index (χ3n) is 3.63. The van der Waals surface area contributed by atoms with Gasteiger partial charge in [0.05, 0.1) is 4.92 Å². The predicted octanol–water partition coefficient (Wildman–Crippen LogP) is 2.67. The fourth-order valence-corrected chi connectivity index (χ4v) is 2.37. The summed E-state index contributed by atoms with van der Waals surface area (Å²) in [6.45, 7) is 1.57. The summed E-state index contributed by atoms with van der Waals surface area (Å²) in [5.41, 5.74) is 1.03. The zero-order valence-corrected chi connectivity index (χ0v) is 14.5. The number of halogens is 3. The van der Waals surface area contributed by atoms with E-state index in [-0.39, 0.29) is 35.9 Å². The number of rotatable bonds is 7. The maximum atomic E-state index is 12.1. The lowest BCUT2D eigenvalue weighted by Gasteiger charge is -2.10. The van der Waals surface area contributed by atoms with Crippen LogP contribution in [0, 0.1) is 24.0 Å². The molecule has 1 N–H and O–H groups in total. The third-order valence-corrected chi connectivity index (χ3v) is 3.63. The van der Waals surface area contributed by atoms with Crippen LogP contribution in [0.2, 0.25) is 0 Å². The Balaban J connectivity index is 1.89. The van der Waals surface area contributed by atoms with Gasteiger partial charge in [-0.2, -0.15) is 18.3 Å². The number of hydrogen-bond donors (Lipinski definition) is 1. The molecule has 1 amide bonds. The number of nitrogens with one attached hydrogen (secondary N) is 1. The molecule has 2 rings (SSSR count). The van der Waals surface area contributed by atoms with E-state index in [9.17, 15) is 28.1 Å². The molecule has 2 aromatic rings. The number of aromatic nitrogens is 2. The molecule has 0 saturated carbocycles. The highest BCUT2D eigenvalue weighted by atomic mass is 19.4. The minimum atomic E-state index is -4.41. The van der Waals surface area contributed by atoms with E-state index in [1.807, 2.05) is 0 Å². The molecular weight excluding hydrogens is 369 g/mol. The van der Waals surface area contributed by atoms with E-state index in [2.05, 4.69) is 15.2 Å². The van der Waals surface area contributed by atoms with Crippen LogP contribution >= 0.6 is 0 Å². The Bertz CT molecular complexity index is 831. The molecule has 0 spiro atoms. The largest absolute Gasteiger partial charge is 0.484 e. The van der Waals surface area contributed by atoms with Crippen molar-refractivity contribution in [2.45, 2.75) is 33.1 Å². The molecule has 146 valence electrons. The van der Waals surface area contributed by atoms with Crippen molar-refractivity contribution in [3.63, 3.8) is 0 Å². The van der Waals surface area contributed by atoms with Gasteiger partial charge in [-0.15, -0.1) is 0 Å². The van der Waals surface area contributed by atoms with Gasteiger partial charge in [0.15, 0.2) is 6.61 Å². The number of alkyl halides is 3. The number of carbonyl (C=O) groups excluding carboxylic acids is 1. The molecule has 0 aliphatic heterocycles. The molecule has 0 saturated heterocycles. The maximum Gasteiger partial charge on any atom is 0.422 e. The van der Waals surface area contributed by atoms with E-state index < -0.39 is 23.6 Å². The van der Waals surface area contributed by atoms with Crippen molar-refractivity contribution in [2.24, 2.45) is 0 Å². The van der Waals surface area contributed by atoms with Gasteiger partial charge in [0.25, 0.3) is 0 Å². The van der Waals surface area contributed by atoms with Crippen LogP contribution in [0.15, 0.2) is 24.3 Å². The Morgan fingerprint density at radius 3 is 2.44 bits per heavy atom. The number of amides is 1. The summed E-state index contributed by atoms with van der Waals surface area (Å²) >= 11 is 0. The molecule has 1 aromatic heterocycles. The minimum Gasteiger partial charge on any atom is -0.484 e. The molecule has 0 atom stereocenters. The number of aryl methyl sites for hydroxylation is 1.